The molecule has 0 atom stereocenters. The molecule has 0 spiro atoms. The first-order valence-electron chi connectivity index (χ1n) is 9.58. The zero-order valence-corrected chi connectivity index (χ0v) is 16.0. The molecule has 30 heavy (non-hydrogen) atoms. The van der Waals surface area contributed by atoms with Gasteiger partial charge in [-0.15, -0.1) is 10.2 Å². The molecule has 4 rings (SSSR count). The standard InChI is InChI=1S/C22H19F3N4O/c23-22(24,25)18-9-2-1-8-17(18)21(30)26-16-7-5-6-15(14-16)19-10-11-20(28-27-19)29-12-3-4-13-29/h1-2,5-11,14H,3-4,12-13H2,(H,26,30). The van der Waals surface area contributed by atoms with Gasteiger partial charge in [0.15, 0.2) is 5.82 Å². The fraction of sp³-hybridized carbons (Fsp3) is 0.227. The van der Waals surface area contributed by atoms with Gasteiger partial charge in [-0.3, -0.25) is 4.79 Å². The van der Waals surface area contributed by atoms with Gasteiger partial charge in [-0.05, 0) is 49.2 Å². The van der Waals surface area contributed by atoms with E-state index >= 15 is 0 Å². The first-order valence-corrected chi connectivity index (χ1v) is 9.58. The second kappa shape index (κ2) is 8.14. The normalized spacial score (nSPS) is 14.0. The average Bonchev–Trinajstić information content (AvgIpc) is 3.28. The Bertz CT molecular complexity index is 1040. The predicted octanol–water partition coefficient (Wildman–Crippen LogP) is 5.01. The summed E-state index contributed by atoms with van der Waals surface area (Å²) >= 11 is 0. The number of rotatable bonds is 4. The van der Waals surface area contributed by atoms with Crippen LogP contribution in [0.1, 0.15) is 28.8 Å². The maximum atomic E-state index is 13.2. The van der Waals surface area contributed by atoms with E-state index in [2.05, 4.69) is 20.4 Å². The largest absolute Gasteiger partial charge is 0.417 e. The fourth-order valence-corrected chi connectivity index (χ4v) is 3.48. The van der Waals surface area contributed by atoms with Crippen molar-refractivity contribution >= 4 is 17.4 Å². The Balaban J connectivity index is 1.54. The molecule has 1 saturated heterocycles. The lowest BCUT2D eigenvalue weighted by atomic mass is 10.1. The molecule has 5 nitrogen and oxygen atoms in total. The second-order valence-corrected chi connectivity index (χ2v) is 7.05. The van der Waals surface area contributed by atoms with Gasteiger partial charge in [-0.1, -0.05) is 24.3 Å². The number of aromatic nitrogens is 2. The van der Waals surface area contributed by atoms with Crippen molar-refractivity contribution in [2.75, 3.05) is 23.3 Å². The average molecular weight is 412 g/mol. The van der Waals surface area contributed by atoms with E-state index in [4.69, 9.17) is 0 Å². The first-order chi connectivity index (χ1) is 14.4. The van der Waals surface area contributed by atoms with Crippen molar-refractivity contribution in [2.24, 2.45) is 0 Å². The Kier molecular flexibility index (Phi) is 5.39. The summed E-state index contributed by atoms with van der Waals surface area (Å²) in [5.74, 6) is 0.00000516. The lowest BCUT2D eigenvalue weighted by Crippen LogP contribution is -2.19. The molecular weight excluding hydrogens is 393 g/mol. The third-order valence-electron chi connectivity index (χ3n) is 4.97. The minimum atomic E-state index is -4.61. The van der Waals surface area contributed by atoms with Gasteiger partial charge in [-0.2, -0.15) is 13.2 Å². The SMILES string of the molecule is O=C(Nc1cccc(-c2ccc(N3CCCC3)nn2)c1)c1ccccc1C(F)(F)F. The van der Waals surface area contributed by atoms with E-state index in [9.17, 15) is 18.0 Å². The zero-order chi connectivity index (χ0) is 21.1. The Hall–Kier alpha value is -3.42. The highest BCUT2D eigenvalue weighted by molar-refractivity contribution is 6.05. The molecule has 0 radical (unpaired) electrons. The van der Waals surface area contributed by atoms with Gasteiger partial charge in [0.2, 0.25) is 0 Å². The van der Waals surface area contributed by atoms with Crippen LogP contribution in [0.15, 0.2) is 60.7 Å². The number of hydrogen-bond acceptors (Lipinski definition) is 4. The van der Waals surface area contributed by atoms with E-state index in [0.717, 1.165) is 43.9 Å². The van der Waals surface area contributed by atoms with Gasteiger partial charge in [0.1, 0.15) is 0 Å². The molecule has 1 amide bonds. The van der Waals surface area contributed by atoms with Crippen LogP contribution in [0.2, 0.25) is 0 Å². The minimum Gasteiger partial charge on any atom is -0.355 e. The summed E-state index contributed by atoms with van der Waals surface area (Å²) in [6.07, 6.45) is -2.33. The maximum absolute atomic E-state index is 13.2. The number of halogens is 3. The lowest BCUT2D eigenvalue weighted by Gasteiger charge is -2.15. The molecule has 2 heterocycles. The van der Waals surface area contributed by atoms with E-state index in [1.165, 1.54) is 12.1 Å². The smallest absolute Gasteiger partial charge is 0.355 e. The fourth-order valence-electron chi connectivity index (χ4n) is 3.48. The molecule has 1 aromatic heterocycles. The van der Waals surface area contributed by atoms with E-state index in [0.29, 0.717) is 16.9 Å². The molecule has 0 saturated carbocycles. The number of alkyl halides is 3. The van der Waals surface area contributed by atoms with E-state index in [1.54, 1.807) is 24.3 Å². The van der Waals surface area contributed by atoms with Crippen LogP contribution in [0.3, 0.4) is 0 Å². The number of anilines is 2. The van der Waals surface area contributed by atoms with Crippen molar-refractivity contribution in [3.8, 4) is 11.3 Å². The van der Waals surface area contributed by atoms with Crippen molar-refractivity contribution in [3.05, 3.63) is 71.8 Å². The molecule has 0 bridgehead atoms. The number of nitrogens with one attached hydrogen (secondary N) is 1. The van der Waals surface area contributed by atoms with Crippen LogP contribution in [-0.2, 0) is 6.18 Å². The summed E-state index contributed by atoms with van der Waals surface area (Å²) in [5, 5.41) is 11.1. The van der Waals surface area contributed by atoms with Crippen LogP contribution in [0.4, 0.5) is 24.7 Å². The van der Waals surface area contributed by atoms with Gasteiger partial charge in [0, 0.05) is 24.3 Å². The quantitative estimate of drug-likeness (QED) is 0.654. The van der Waals surface area contributed by atoms with Crippen molar-refractivity contribution in [3.63, 3.8) is 0 Å². The van der Waals surface area contributed by atoms with Gasteiger partial charge in [0.25, 0.3) is 5.91 Å². The van der Waals surface area contributed by atoms with Gasteiger partial charge in [-0.25, -0.2) is 0 Å². The van der Waals surface area contributed by atoms with Crippen molar-refractivity contribution in [1.29, 1.82) is 0 Å². The molecule has 1 fully saturated rings. The lowest BCUT2D eigenvalue weighted by molar-refractivity contribution is -0.137. The maximum Gasteiger partial charge on any atom is 0.417 e. The summed E-state index contributed by atoms with van der Waals surface area (Å²) < 4.78 is 39.5. The molecular formula is C22H19F3N4O. The summed E-state index contributed by atoms with van der Waals surface area (Å²) in [6.45, 7) is 1.93. The third-order valence-corrected chi connectivity index (χ3v) is 4.97. The summed E-state index contributed by atoms with van der Waals surface area (Å²) in [5.41, 5.74) is 0.300. The molecule has 1 N–H and O–H groups in total. The van der Waals surface area contributed by atoms with Gasteiger partial charge in [0.05, 0.1) is 16.8 Å². The molecule has 1 aliphatic rings. The molecule has 8 heteroatoms. The molecule has 0 unspecified atom stereocenters. The highest BCUT2D eigenvalue weighted by Gasteiger charge is 2.34. The highest BCUT2D eigenvalue weighted by atomic mass is 19.4. The van der Waals surface area contributed by atoms with Crippen LogP contribution in [-0.4, -0.2) is 29.2 Å². The molecule has 1 aliphatic heterocycles. The van der Waals surface area contributed by atoms with Gasteiger partial charge < -0.3 is 10.2 Å². The van der Waals surface area contributed by atoms with Crippen molar-refractivity contribution in [1.82, 2.24) is 10.2 Å². The topological polar surface area (TPSA) is 58.1 Å². The van der Waals surface area contributed by atoms with Crippen molar-refractivity contribution < 1.29 is 18.0 Å². The zero-order valence-electron chi connectivity index (χ0n) is 16.0. The Morgan fingerprint density at radius 3 is 2.40 bits per heavy atom. The van der Waals surface area contributed by atoms with Crippen LogP contribution in [0, 0.1) is 0 Å². The summed E-state index contributed by atoms with van der Waals surface area (Å²) in [7, 11) is 0. The molecule has 2 aromatic carbocycles. The van der Waals surface area contributed by atoms with E-state index < -0.39 is 23.2 Å². The predicted molar refractivity (Wildman–Crippen MR) is 108 cm³/mol. The van der Waals surface area contributed by atoms with Gasteiger partial charge >= 0.3 is 6.18 Å². The highest BCUT2D eigenvalue weighted by Crippen LogP contribution is 2.32. The minimum absolute atomic E-state index is 0.375. The molecule has 3 aromatic rings. The monoisotopic (exact) mass is 412 g/mol. The summed E-state index contributed by atoms with van der Waals surface area (Å²) in [6, 6.07) is 15.2. The van der Waals surface area contributed by atoms with Crippen LogP contribution < -0.4 is 10.2 Å². The third kappa shape index (κ3) is 4.27. The van der Waals surface area contributed by atoms with Crippen molar-refractivity contribution in [2.45, 2.75) is 19.0 Å². The number of benzene rings is 2. The Morgan fingerprint density at radius 1 is 0.933 bits per heavy atom. The second-order valence-electron chi connectivity index (χ2n) is 7.05. The Labute approximate surface area is 171 Å². The number of carbonyl (C=O) groups is 1. The Morgan fingerprint density at radius 2 is 1.70 bits per heavy atom. The molecule has 154 valence electrons. The van der Waals surface area contributed by atoms with Crippen LogP contribution in [0.5, 0.6) is 0 Å². The molecule has 0 aliphatic carbocycles. The van der Waals surface area contributed by atoms with Crippen LogP contribution >= 0.6 is 0 Å². The summed E-state index contributed by atoms with van der Waals surface area (Å²) in [4.78, 5) is 14.6. The number of hydrogen-bond donors (Lipinski definition) is 1. The number of amides is 1. The number of nitrogens with zero attached hydrogens (tertiary/aromatic N) is 3. The van der Waals surface area contributed by atoms with E-state index in [-0.39, 0.29) is 0 Å². The number of carbonyl (C=O) groups excluding carboxylic acids is 1. The van der Waals surface area contributed by atoms with Crippen LogP contribution in [0.25, 0.3) is 11.3 Å². The van der Waals surface area contributed by atoms with E-state index in [1.807, 2.05) is 12.1 Å². The first kappa shape index (κ1) is 19.9.